The summed E-state index contributed by atoms with van der Waals surface area (Å²) in [5, 5.41) is 5.62. The molecule has 0 unspecified atom stereocenters. The molecule has 2 rings (SSSR count). The number of hydrogen-bond donors (Lipinski definition) is 0. The fraction of sp³-hybridized carbons (Fsp3) is 0.438. The molecule has 21 heavy (non-hydrogen) atoms. The molecule has 0 fully saturated rings. The molecule has 114 valence electrons. The normalized spacial score (nSPS) is 11.2. The van der Waals surface area contributed by atoms with Crippen LogP contribution in [0.15, 0.2) is 42.6 Å². The molecule has 1 aromatic heterocycles. The van der Waals surface area contributed by atoms with E-state index in [9.17, 15) is 0 Å². The van der Waals surface area contributed by atoms with Crippen molar-refractivity contribution in [3.05, 3.63) is 48.3 Å². The zero-order valence-corrected chi connectivity index (χ0v) is 14.3. The molecule has 0 atom stereocenters. The van der Waals surface area contributed by atoms with Crippen molar-refractivity contribution in [1.82, 2.24) is 9.78 Å². The van der Waals surface area contributed by atoms with Crippen molar-refractivity contribution in [2.75, 3.05) is 14.2 Å². The first kappa shape index (κ1) is 16.2. The second-order valence-electron chi connectivity index (χ2n) is 4.65. The number of methoxy groups -OCH3 is 2. The monoisotopic (exact) mass is 354 g/mol. The van der Waals surface area contributed by atoms with Gasteiger partial charge < -0.3 is 0 Å². The Kier molecular flexibility index (Phi) is 6.96. The van der Waals surface area contributed by atoms with E-state index in [2.05, 4.69) is 35.4 Å². The van der Waals surface area contributed by atoms with E-state index in [0.29, 0.717) is 15.0 Å². The van der Waals surface area contributed by atoms with Crippen molar-refractivity contribution in [2.45, 2.75) is 31.0 Å². The molecule has 0 bridgehead atoms. The van der Waals surface area contributed by atoms with Gasteiger partial charge in [-0.2, -0.15) is 0 Å². The number of hydrogen-bond acceptors (Lipinski definition) is 3. The minimum atomic E-state index is -0.332. The Labute approximate surface area is 132 Å². The van der Waals surface area contributed by atoms with Gasteiger partial charge in [0, 0.05) is 0 Å². The number of aryl methyl sites for hydroxylation is 1. The van der Waals surface area contributed by atoms with Crippen LogP contribution in [-0.2, 0) is 16.0 Å². The summed E-state index contributed by atoms with van der Waals surface area (Å²) in [6, 6.07) is 12.7. The maximum absolute atomic E-state index is 5.29. The van der Waals surface area contributed by atoms with Gasteiger partial charge >= 0.3 is 132 Å². The average Bonchev–Trinajstić information content (AvgIpc) is 2.98. The van der Waals surface area contributed by atoms with Crippen molar-refractivity contribution in [3.8, 4) is 0 Å². The van der Waals surface area contributed by atoms with Crippen LogP contribution in [0.2, 0.25) is 5.32 Å². The Bertz CT molecular complexity index is 512. The molecule has 1 aromatic carbocycles. The van der Waals surface area contributed by atoms with E-state index in [1.165, 1.54) is 16.2 Å². The van der Waals surface area contributed by atoms with Crippen molar-refractivity contribution >= 4 is 19.4 Å². The third-order valence-corrected chi connectivity index (χ3v) is 5.50. The molecule has 0 N–H and O–H groups in total. The quantitative estimate of drug-likeness (QED) is 0.395. The summed E-state index contributed by atoms with van der Waals surface area (Å²) in [7, 11) is 3.29. The van der Waals surface area contributed by atoms with Crippen LogP contribution in [0.4, 0.5) is 0 Å². The standard InChI is InChI=1S/C16H22N2O2Se/c1-19-16(20-2)15-10-11-17-18(15)12-6-7-13-21-14-8-4-3-5-9-14/h3-5,8-11,16H,6-7,12-13H2,1-2H3. The molecule has 0 amide bonds. The zero-order chi connectivity index (χ0) is 14.9. The van der Waals surface area contributed by atoms with Gasteiger partial charge in [0.2, 0.25) is 0 Å². The van der Waals surface area contributed by atoms with E-state index in [1.54, 1.807) is 20.4 Å². The van der Waals surface area contributed by atoms with Gasteiger partial charge in [0.15, 0.2) is 0 Å². The number of aromatic nitrogens is 2. The van der Waals surface area contributed by atoms with Gasteiger partial charge in [0.1, 0.15) is 0 Å². The van der Waals surface area contributed by atoms with Gasteiger partial charge in [-0.25, -0.2) is 0 Å². The van der Waals surface area contributed by atoms with Gasteiger partial charge in [-0.3, -0.25) is 0 Å². The van der Waals surface area contributed by atoms with Crippen LogP contribution in [0.25, 0.3) is 0 Å². The summed E-state index contributed by atoms with van der Waals surface area (Å²) in [5.74, 6) is 0. The molecule has 0 aliphatic carbocycles. The average molecular weight is 353 g/mol. The molecule has 0 aliphatic heterocycles. The molecule has 2 aromatic rings. The van der Waals surface area contributed by atoms with Crippen LogP contribution in [0, 0.1) is 0 Å². The molecule has 0 aliphatic rings. The fourth-order valence-electron chi connectivity index (χ4n) is 2.14. The van der Waals surface area contributed by atoms with Gasteiger partial charge in [0.05, 0.1) is 0 Å². The molecular weight excluding hydrogens is 331 g/mol. The van der Waals surface area contributed by atoms with Crippen LogP contribution in [0.1, 0.15) is 24.8 Å². The van der Waals surface area contributed by atoms with Crippen LogP contribution in [0.5, 0.6) is 0 Å². The first-order valence-corrected chi connectivity index (χ1v) is 9.17. The SMILES string of the molecule is COC(OC)c1ccnn1CCCC[Se]c1ccccc1. The molecule has 0 radical (unpaired) electrons. The van der Waals surface area contributed by atoms with Crippen LogP contribution < -0.4 is 4.46 Å². The van der Waals surface area contributed by atoms with E-state index in [4.69, 9.17) is 9.47 Å². The number of ether oxygens (including phenoxy) is 2. The minimum absolute atomic E-state index is 0.332. The van der Waals surface area contributed by atoms with E-state index < -0.39 is 0 Å². The Balaban J connectivity index is 1.73. The topological polar surface area (TPSA) is 36.3 Å². The Hall–Kier alpha value is -1.13. The Morgan fingerprint density at radius 3 is 2.57 bits per heavy atom. The third kappa shape index (κ3) is 4.97. The number of rotatable bonds is 9. The first-order valence-electron chi connectivity index (χ1n) is 7.10. The first-order chi connectivity index (χ1) is 10.3. The zero-order valence-electron chi connectivity index (χ0n) is 12.6. The molecule has 4 nitrogen and oxygen atoms in total. The van der Waals surface area contributed by atoms with Crippen LogP contribution >= 0.6 is 0 Å². The molecule has 5 heteroatoms. The summed E-state index contributed by atoms with van der Waals surface area (Å²) in [4.78, 5) is 0. The van der Waals surface area contributed by atoms with E-state index in [0.717, 1.165) is 18.7 Å². The summed E-state index contributed by atoms with van der Waals surface area (Å²) in [6.07, 6.45) is 3.82. The van der Waals surface area contributed by atoms with Crippen molar-refractivity contribution in [3.63, 3.8) is 0 Å². The molecule has 0 spiro atoms. The summed E-state index contributed by atoms with van der Waals surface area (Å²) >= 11 is 0.579. The molecular formula is C16H22N2O2Se. The van der Waals surface area contributed by atoms with E-state index in [1.807, 2.05) is 10.7 Å². The number of nitrogens with zero attached hydrogens (tertiary/aromatic N) is 2. The van der Waals surface area contributed by atoms with Crippen LogP contribution in [-0.4, -0.2) is 39.0 Å². The predicted molar refractivity (Wildman–Crippen MR) is 84.9 cm³/mol. The molecule has 0 saturated heterocycles. The number of unbranched alkanes of at least 4 members (excludes halogenated alkanes) is 1. The summed E-state index contributed by atoms with van der Waals surface area (Å²) in [6.45, 7) is 0.913. The molecule has 1 heterocycles. The second-order valence-corrected chi connectivity index (χ2v) is 7.10. The number of benzene rings is 1. The maximum atomic E-state index is 5.29. The fourth-order valence-corrected chi connectivity index (χ4v) is 4.10. The summed E-state index contributed by atoms with van der Waals surface area (Å²) in [5.41, 5.74) is 0.980. The predicted octanol–water partition coefficient (Wildman–Crippen LogP) is 2.40. The Morgan fingerprint density at radius 1 is 1.10 bits per heavy atom. The van der Waals surface area contributed by atoms with Gasteiger partial charge in [-0.15, -0.1) is 0 Å². The van der Waals surface area contributed by atoms with Crippen molar-refractivity contribution in [2.24, 2.45) is 0 Å². The van der Waals surface area contributed by atoms with E-state index in [-0.39, 0.29) is 6.29 Å². The molecule has 0 saturated carbocycles. The van der Waals surface area contributed by atoms with E-state index >= 15 is 0 Å². The van der Waals surface area contributed by atoms with Gasteiger partial charge in [-0.05, 0) is 0 Å². The Morgan fingerprint density at radius 2 is 1.86 bits per heavy atom. The summed E-state index contributed by atoms with van der Waals surface area (Å²) < 4.78 is 14.0. The van der Waals surface area contributed by atoms with Crippen molar-refractivity contribution < 1.29 is 9.47 Å². The third-order valence-electron chi connectivity index (χ3n) is 3.20. The van der Waals surface area contributed by atoms with Gasteiger partial charge in [-0.1, -0.05) is 0 Å². The van der Waals surface area contributed by atoms with Crippen molar-refractivity contribution in [1.29, 1.82) is 0 Å². The van der Waals surface area contributed by atoms with Gasteiger partial charge in [0.25, 0.3) is 0 Å². The van der Waals surface area contributed by atoms with Crippen LogP contribution in [0.3, 0.4) is 0 Å². The second kappa shape index (κ2) is 9.00.